The SMILES string of the molecule is COc1ccc(NC(=O)N2CCC(OCc3nc(C)no3)CC2)cc1OC. The number of aryl methyl sites for hydroxylation is 1. The van der Waals surface area contributed by atoms with Crippen LogP contribution in [-0.4, -0.2) is 54.5 Å². The summed E-state index contributed by atoms with van der Waals surface area (Å²) in [6, 6.07) is 5.13. The first-order valence-electron chi connectivity index (χ1n) is 8.77. The Kier molecular flexibility index (Phi) is 6.12. The fraction of sp³-hybridized carbons (Fsp3) is 0.500. The Morgan fingerprint density at radius 1 is 1.26 bits per heavy atom. The number of aromatic nitrogens is 2. The molecule has 1 aromatic heterocycles. The maximum Gasteiger partial charge on any atom is 0.321 e. The molecule has 1 N–H and O–H groups in total. The van der Waals surface area contributed by atoms with E-state index in [9.17, 15) is 4.79 Å². The molecule has 2 aromatic rings. The van der Waals surface area contributed by atoms with Gasteiger partial charge in [0.2, 0.25) is 0 Å². The number of anilines is 1. The van der Waals surface area contributed by atoms with Gasteiger partial charge in [0, 0.05) is 24.8 Å². The van der Waals surface area contributed by atoms with Crippen LogP contribution in [0.3, 0.4) is 0 Å². The van der Waals surface area contributed by atoms with Crippen molar-refractivity contribution in [1.29, 1.82) is 0 Å². The van der Waals surface area contributed by atoms with Crippen LogP contribution in [0, 0.1) is 6.92 Å². The summed E-state index contributed by atoms with van der Waals surface area (Å²) in [6.07, 6.45) is 1.58. The van der Waals surface area contributed by atoms with Gasteiger partial charge in [0.05, 0.1) is 20.3 Å². The number of urea groups is 1. The zero-order valence-electron chi connectivity index (χ0n) is 15.7. The lowest BCUT2D eigenvalue weighted by atomic mass is 10.1. The van der Waals surface area contributed by atoms with E-state index in [1.807, 2.05) is 0 Å². The molecule has 3 rings (SSSR count). The Balaban J connectivity index is 1.47. The van der Waals surface area contributed by atoms with Crippen LogP contribution < -0.4 is 14.8 Å². The van der Waals surface area contributed by atoms with E-state index in [0.29, 0.717) is 48.6 Å². The van der Waals surface area contributed by atoms with Crippen molar-refractivity contribution in [3.63, 3.8) is 0 Å². The van der Waals surface area contributed by atoms with E-state index in [4.69, 9.17) is 18.7 Å². The molecule has 0 bridgehead atoms. The molecule has 2 amide bonds. The summed E-state index contributed by atoms with van der Waals surface area (Å²) in [5.41, 5.74) is 0.655. The third-order valence-electron chi connectivity index (χ3n) is 4.38. The summed E-state index contributed by atoms with van der Waals surface area (Å²) in [5.74, 6) is 2.25. The molecule has 0 radical (unpaired) electrons. The number of hydrogen-bond acceptors (Lipinski definition) is 7. The summed E-state index contributed by atoms with van der Waals surface area (Å²) >= 11 is 0. The predicted octanol–water partition coefficient (Wildman–Crippen LogP) is 2.61. The van der Waals surface area contributed by atoms with E-state index in [1.54, 1.807) is 44.2 Å². The van der Waals surface area contributed by atoms with Crippen LogP contribution >= 0.6 is 0 Å². The number of methoxy groups -OCH3 is 2. The molecule has 0 unspecified atom stereocenters. The first-order valence-corrected chi connectivity index (χ1v) is 8.77. The molecular formula is C18H24N4O5. The molecule has 27 heavy (non-hydrogen) atoms. The largest absolute Gasteiger partial charge is 0.493 e. The normalized spacial score (nSPS) is 14.9. The average Bonchev–Trinajstić information content (AvgIpc) is 3.11. The molecule has 1 saturated heterocycles. The highest BCUT2D eigenvalue weighted by molar-refractivity contribution is 5.89. The van der Waals surface area contributed by atoms with Gasteiger partial charge in [-0.25, -0.2) is 4.79 Å². The van der Waals surface area contributed by atoms with Crippen LogP contribution in [0.4, 0.5) is 10.5 Å². The Hall–Kier alpha value is -2.81. The third kappa shape index (κ3) is 4.88. The van der Waals surface area contributed by atoms with E-state index < -0.39 is 0 Å². The number of nitrogens with one attached hydrogen (secondary N) is 1. The molecule has 9 nitrogen and oxygen atoms in total. The Morgan fingerprint density at radius 2 is 2.00 bits per heavy atom. The van der Waals surface area contributed by atoms with Crippen molar-refractivity contribution in [2.75, 3.05) is 32.6 Å². The summed E-state index contributed by atoms with van der Waals surface area (Å²) in [4.78, 5) is 18.4. The summed E-state index contributed by atoms with van der Waals surface area (Å²) in [5, 5.41) is 6.63. The monoisotopic (exact) mass is 376 g/mol. The molecular weight excluding hydrogens is 352 g/mol. The number of likely N-dealkylation sites (tertiary alicyclic amines) is 1. The number of hydrogen-bond donors (Lipinski definition) is 1. The van der Waals surface area contributed by atoms with Crippen LogP contribution in [0.25, 0.3) is 0 Å². The van der Waals surface area contributed by atoms with Gasteiger partial charge in [-0.1, -0.05) is 5.16 Å². The first-order chi connectivity index (χ1) is 13.1. The zero-order valence-corrected chi connectivity index (χ0v) is 15.7. The third-order valence-corrected chi connectivity index (χ3v) is 4.38. The molecule has 0 aliphatic carbocycles. The second-order valence-corrected chi connectivity index (χ2v) is 6.23. The standard InChI is InChI=1S/C18H24N4O5/c1-12-19-17(27-21-12)11-26-14-6-8-22(9-7-14)18(23)20-13-4-5-15(24-2)16(10-13)25-3/h4-5,10,14H,6-9,11H2,1-3H3,(H,20,23). The number of ether oxygens (including phenoxy) is 3. The fourth-order valence-electron chi connectivity index (χ4n) is 2.93. The second kappa shape index (κ2) is 8.72. The van der Waals surface area contributed by atoms with Crippen LogP contribution in [0.15, 0.2) is 22.7 Å². The lowest BCUT2D eigenvalue weighted by Crippen LogP contribution is -2.43. The number of benzene rings is 1. The summed E-state index contributed by atoms with van der Waals surface area (Å²) in [6.45, 7) is 3.30. The van der Waals surface area contributed by atoms with Crippen molar-refractivity contribution in [2.45, 2.75) is 32.5 Å². The topological polar surface area (TPSA) is 99.0 Å². The highest BCUT2D eigenvalue weighted by atomic mass is 16.5. The number of nitrogens with zero attached hydrogens (tertiary/aromatic N) is 3. The van der Waals surface area contributed by atoms with Gasteiger partial charge in [-0.3, -0.25) is 0 Å². The highest BCUT2D eigenvalue weighted by Gasteiger charge is 2.24. The van der Waals surface area contributed by atoms with Gasteiger partial charge in [0.15, 0.2) is 17.3 Å². The molecule has 0 saturated carbocycles. The minimum atomic E-state index is -0.145. The molecule has 146 valence electrons. The quantitative estimate of drug-likeness (QED) is 0.827. The predicted molar refractivity (Wildman–Crippen MR) is 97.0 cm³/mol. The summed E-state index contributed by atoms with van der Waals surface area (Å²) < 4.78 is 21.3. The lowest BCUT2D eigenvalue weighted by molar-refractivity contribution is -0.00532. The van der Waals surface area contributed by atoms with E-state index in [1.165, 1.54) is 0 Å². The molecule has 0 atom stereocenters. The molecule has 1 aliphatic heterocycles. The van der Waals surface area contributed by atoms with Gasteiger partial charge in [-0.2, -0.15) is 4.98 Å². The first kappa shape index (κ1) is 19.0. The van der Waals surface area contributed by atoms with E-state index in [2.05, 4.69) is 15.5 Å². The number of piperidine rings is 1. The van der Waals surface area contributed by atoms with Crippen molar-refractivity contribution in [3.05, 3.63) is 29.9 Å². The lowest BCUT2D eigenvalue weighted by Gasteiger charge is -2.31. The van der Waals surface area contributed by atoms with Crippen molar-refractivity contribution >= 4 is 11.7 Å². The maximum atomic E-state index is 12.5. The van der Waals surface area contributed by atoms with E-state index in [-0.39, 0.29) is 12.1 Å². The molecule has 0 spiro atoms. The van der Waals surface area contributed by atoms with Gasteiger partial charge >= 0.3 is 6.03 Å². The Morgan fingerprint density at radius 3 is 2.63 bits per heavy atom. The number of carbonyl (C=O) groups is 1. The van der Waals surface area contributed by atoms with Gasteiger partial charge in [0.1, 0.15) is 6.61 Å². The van der Waals surface area contributed by atoms with Crippen molar-refractivity contribution in [3.8, 4) is 11.5 Å². The fourth-order valence-corrected chi connectivity index (χ4v) is 2.93. The van der Waals surface area contributed by atoms with E-state index >= 15 is 0 Å². The van der Waals surface area contributed by atoms with Crippen LogP contribution in [0.1, 0.15) is 24.6 Å². The number of rotatable bonds is 6. The molecule has 2 heterocycles. The smallest absolute Gasteiger partial charge is 0.321 e. The second-order valence-electron chi connectivity index (χ2n) is 6.23. The molecule has 1 aromatic carbocycles. The van der Waals surface area contributed by atoms with Gasteiger partial charge in [-0.05, 0) is 31.9 Å². The van der Waals surface area contributed by atoms with Crippen molar-refractivity contribution < 1.29 is 23.5 Å². The molecule has 9 heteroatoms. The van der Waals surface area contributed by atoms with Crippen molar-refractivity contribution in [2.24, 2.45) is 0 Å². The van der Waals surface area contributed by atoms with Crippen LogP contribution in [0.2, 0.25) is 0 Å². The van der Waals surface area contributed by atoms with E-state index in [0.717, 1.165) is 12.8 Å². The Labute approximate surface area is 157 Å². The number of amides is 2. The maximum absolute atomic E-state index is 12.5. The molecule has 1 aliphatic rings. The zero-order chi connectivity index (χ0) is 19.2. The minimum Gasteiger partial charge on any atom is -0.493 e. The minimum absolute atomic E-state index is 0.0716. The van der Waals surface area contributed by atoms with Gasteiger partial charge in [-0.15, -0.1) is 0 Å². The molecule has 1 fully saturated rings. The van der Waals surface area contributed by atoms with Gasteiger partial charge in [0.25, 0.3) is 5.89 Å². The highest BCUT2D eigenvalue weighted by Crippen LogP contribution is 2.30. The van der Waals surface area contributed by atoms with Crippen LogP contribution in [0.5, 0.6) is 11.5 Å². The summed E-state index contributed by atoms with van der Waals surface area (Å²) in [7, 11) is 3.13. The average molecular weight is 376 g/mol. The van der Waals surface area contributed by atoms with Crippen LogP contribution in [-0.2, 0) is 11.3 Å². The van der Waals surface area contributed by atoms with Crippen molar-refractivity contribution in [1.82, 2.24) is 15.0 Å². The van der Waals surface area contributed by atoms with Gasteiger partial charge < -0.3 is 29.0 Å². The number of carbonyl (C=O) groups excluding carboxylic acids is 1. The Bertz CT molecular complexity index is 771.